The Kier molecular flexibility index (Phi) is 4.06. The lowest BCUT2D eigenvalue weighted by Crippen LogP contribution is -2.35. The molecule has 0 radical (unpaired) electrons. The molecule has 4 N–H and O–H groups in total. The van der Waals surface area contributed by atoms with Crippen molar-refractivity contribution >= 4 is 17.6 Å². The summed E-state index contributed by atoms with van der Waals surface area (Å²) >= 11 is 0. The number of hydrogen-bond acceptors (Lipinski definition) is 4. The van der Waals surface area contributed by atoms with Crippen LogP contribution < -0.4 is 11.1 Å². The number of hydrogen-bond donors (Lipinski definition) is 3. The molecule has 0 saturated heterocycles. The maximum Gasteiger partial charge on any atom is 0.314 e. The van der Waals surface area contributed by atoms with Gasteiger partial charge in [-0.3, -0.25) is 9.59 Å². The Morgan fingerprint density at radius 1 is 1.40 bits per heavy atom. The van der Waals surface area contributed by atoms with Crippen molar-refractivity contribution in [1.29, 1.82) is 0 Å². The number of nitrogens with one attached hydrogen (secondary N) is 1. The minimum atomic E-state index is -0.795. The number of methoxy groups -OCH3 is 1. The van der Waals surface area contributed by atoms with Crippen molar-refractivity contribution in [2.45, 2.75) is 24.4 Å². The second kappa shape index (κ2) is 5.60. The molecule has 1 aromatic carbocycles. The smallest absolute Gasteiger partial charge is 0.314 e. The van der Waals surface area contributed by atoms with Gasteiger partial charge in [-0.25, -0.2) is 0 Å². The highest BCUT2D eigenvalue weighted by atomic mass is 16.5. The van der Waals surface area contributed by atoms with Crippen molar-refractivity contribution in [2.75, 3.05) is 19.0 Å². The van der Waals surface area contributed by atoms with Gasteiger partial charge in [-0.2, -0.15) is 0 Å². The van der Waals surface area contributed by atoms with Gasteiger partial charge in [-0.05, 0) is 30.5 Å². The van der Waals surface area contributed by atoms with Crippen LogP contribution in [-0.2, 0) is 19.7 Å². The maximum absolute atomic E-state index is 11.8. The normalized spacial score (nSPS) is 17.3. The van der Waals surface area contributed by atoms with Crippen molar-refractivity contribution in [3.63, 3.8) is 0 Å². The van der Waals surface area contributed by atoms with Crippen molar-refractivity contribution in [3.05, 3.63) is 29.8 Å². The predicted molar refractivity (Wildman–Crippen MR) is 73.5 cm³/mol. The molecule has 1 fully saturated rings. The van der Waals surface area contributed by atoms with Gasteiger partial charge in [0.1, 0.15) is 6.10 Å². The van der Waals surface area contributed by atoms with E-state index in [0.29, 0.717) is 18.5 Å². The molecule has 0 aliphatic heterocycles. The summed E-state index contributed by atoms with van der Waals surface area (Å²) in [6.07, 6.45) is 0.628. The lowest BCUT2D eigenvalue weighted by Gasteiger charge is -2.14. The molecule has 0 aromatic heterocycles. The molecule has 1 atom stereocenters. The number of anilines is 1. The number of carbonyl (C=O) groups is 2. The van der Waals surface area contributed by atoms with E-state index in [1.807, 2.05) is 0 Å². The summed E-state index contributed by atoms with van der Waals surface area (Å²) in [5, 5.41) is 11.9. The van der Waals surface area contributed by atoms with E-state index in [4.69, 9.17) is 10.5 Å². The fourth-order valence-corrected chi connectivity index (χ4v) is 2.16. The van der Waals surface area contributed by atoms with Crippen LogP contribution in [0.1, 0.15) is 18.4 Å². The van der Waals surface area contributed by atoms with E-state index in [1.54, 1.807) is 24.3 Å². The molecular weight excluding hydrogens is 260 g/mol. The van der Waals surface area contributed by atoms with E-state index in [-0.39, 0.29) is 12.5 Å². The highest BCUT2D eigenvalue weighted by Crippen LogP contribution is 2.48. The lowest BCUT2D eigenvalue weighted by atomic mass is 9.96. The van der Waals surface area contributed by atoms with Gasteiger partial charge < -0.3 is 20.9 Å². The van der Waals surface area contributed by atoms with Crippen LogP contribution in [0.3, 0.4) is 0 Å². The molecule has 108 valence electrons. The van der Waals surface area contributed by atoms with E-state index >= 15 is 0 Å². The predicted octanol–water partition coefficient (Wildman–Crippen LogP) is 0.715. The zero-order valence-corrected chi connectivity index (χ0v) is 11.3. The molecule has 6 heteroatoms. The van der Waals surface area contributed by atoms with Crippen LogP contribution in [-0.4, -0.2) is 36.7 Å². The maximum atomic E-state index is 11.8. The molecule has 1 aromatic rings. The third-order valence-corrected chi connectivity index (χ3v) is 3.66. The Morgan fingerprint density at radius 3 is 2.40 bits per heavy atom. The van der Waals surface area contributed by atoms with Gasteiger partial charge in [0.2, 0.25) is 0 Å². The van der Waals surface area contributed by atoms with Crippen LogP contribution >= 0.6 is 0 Å². The second-order valence-electron chi connectivity index (χ2n) is 4.91. The fourth-order valence-electron chi connectivity index (χ4n) is 2.16. The first-order chi connectivity index (χ1) is 9.53. The van der Waals surface area contributed by atoms with E-state index in [0.717, 1.165) is 5.56 Å². The van der Waals surface area contributed by atoms with Gasteiger partial charge >= 0.3 is 5.97 Å². The Balaban J connectivity index is 2.06. The molecule has 0 bridgehead atoms. The number of amides is 1. The Morgan fingerprint density at radius 2 is 2.00 bits per heavy atom. The first-order valence-corrected chi connectivity index (χ1v) is 6.41. The number of ether oxygens (including phenoxy) is 1. The molecule has 1 saturated carbocycles. The number of nitrogens with two attached hydrogens (primary N) is 1. The SMILES string of the molecule is COC(CN)C(=O)Nc1ccc(C2(C(=O)O)CC2)cc1. The van der Waals surface area contributed by atoms with Crippen molar-refractivity contribution < 1.29 is 19.4 Å². The van der Waals surface area contributed by atoms with Crippen molar-refractivity contribution in [1.82, 2.24) is 0 Å². The molecular formula is C14H18N2O4. The van der Waals surface area contributed by atoms with E-state index in [9.17, 15) is 14.7 Å². The molecule has 1 unspecified atom stereocenters. The van der Waals surface area contributed by atoms with Crippen LogP contribution in [0.15, 0.2) is 24.3 Å². The fraction of sp³-hybridized carbons (Fsp3) is 0.429. The molecule has 20 heavy (non-hydrogen) atoms. The summed E-state index contributed by atoms with van der Waals surface area (Å²) in [4.78, 5) is 23.0. The minimum Gasteiger partial charge on any atom is -0.481 e. The van der Waals surface area contributed by atoms with Crippen molar-refractivity contribution in [3.8, 4) is 0 Å². The van der Waals surface area contributed by atoms with E-state index in [2.05, 4.69) is 5.32 Å². The van der Waals surface area contributed by atoms with Crippen LogP contribution in [0.4, 0.5) is 5.69 Å². The van der Waals surface area contributed by atoms with Crippen LogP contribution in [0.5, 0.6) is 0 Å². The van der Waals surface area contributed by atoms with Crippen LogP contribution in [0.25, 0.3) is 0 Å². The first kappa shape index (κ1) is 14.5. The summed E-state index contributed by atoms with van der Waals surface area (Å²) in [5.41, 5.74) is 6.04. The van der Waals surface area contributed by atoms with Gasteiger partial charge in [0, 0.05) is 19.3 Å². The Labute approximate surface area is 116 Å². The quantitative estimate of drug-likeness (QED) is 0.711. The minimum absolute atomic E-state index is 0.0997. The highest BCUT2D eigenvalue weighted by Gasteiger charge is 2.51. The van der Waals surface area contributed by atoms with Gasteiger partial charge in [-0.15, -0.1) is 0 Å². The Bertz CT molecular complexity index is 504. The van der Waals surface area contributed by atoms with Crippen molar-refractivity contribution in [2.24, 2.45) is 5.73 Å². The lowest BCUT2D eigenvalue weighted by molar-refractivity contribution is -0.140. The van der Waals surface area contributed by atoms with Gasteiger partial charge in [-0.1, -0.05) is 12.1 Å². The average Bonchev–Trinajstić information content (AvgIpc) is 3.22. The summed E-state index contributed by atoms with van der Waals surface area (Å²) in [6, 6.07) is 6.86. The topological polar surface area (TPSA) is 102 Å². The molecule has 0 heterocycles. The van der Waals surface area contributed by atoms with Gasteiger partial charge in [0.25, 0.3) is 5.91 Å². The van der Waals surface area contributed by atoms with Gasteiger partial charge in [0.05, 0.1) is 5.41 Å². The second-order valence-corrected chi connectivity index (χ2v) is 4.91. The standard InChI is InChI=1S/C14H18N2O4/c1-20-11(8-15)12(17)16-10-4-2-9(3-5-10)14(6-7-14)13(18)19/h2-5,11H,6-8,15H2,1H3,(H,16,17)(H,18,19). The average molecular weight is 278 g/mol. The summed E-state index contributed by atoms with van der Waals surface area (Å²) in [6.45, 7) is 0.0997. The summed E-state index contributed by atoms with van der Waals surface area (Å²) in [7, 11) is 1.42. The number of carbonyl (C=O) groups excluding carboxylic acids is 1. The first-order valence-electron chi connectivity index (χ1n) is 6.41. The van der Waals surface area contributed by atoms with E-state index in [1.165, 1.54) is 7.11 Å². The zero-order chi connectivity index (χ0) is 14.8. The third-order valence-electron chi connectivity index (χ3n) is 3.66. The molecule has 0 spiro atoms. The Hall–Kier alpha value is -1.92. The number of benzene rings is 1. The number of rotatable bonds is 6. The van der Waals surface area contributed by atoms with Crippen LogP contribution in [0, 0.1) is 0 Å². The largest absolute Gasteiger partial charge is 0.481 e. The number of carboxylic acids is 1. The summed E-state index contributed by atoms with van der Waals surface area (Å²) < 4.78 is 4.94. The molecule has 6 nitrogen and oxygen atoms in total. The number of carboxylic acid groups (broad SMARTS) is 1. The van der Waals surface area contributed by atoms with E-state index < -0.39 is 17.5 Å². The molecule has 2 rings (SSSR count). The van der Waals surface area contributed by atoms with Crippen LogP contribution in [0.2, 0.25) is 0 Å². The zero-order valence-electron chi connectivity index (χ0n) is 11.3. The number of aliphatic carboxylic acids is 1. The molecule has 1 amide bonds. The molecule has 1 aliphatic rings. The molecule has 1 aliphatic carbocycles. The monoisotopic (exact) mass is 278 g/mol. The highest BCUT2D eigenvalue weighted by molar-refractivity contribution is 5.94. The summed E-state index contributed by atoms with van der Waals surface area (Å²) in [5.74, 6) is -1.11. The van der Waals surface area contributed by atoms with Gasteiger partial charge in [0.15, 0.2) is 0 Å². The third kappa shape index (κ3) is 2.66.